The predicted molar refractivity (Wildman–Crippen MR) is 96.7 cm³/mol. The summed E-state index contributed by atoms with van der Waals surface area (Å²) in [6.45, 7) is 7.45. The normalized spacial score (nSPS) is 18.7. The second-order valence-electron chi connectivity index (χ2n) is 7.42. The lowest BCUT2D eigenvalue weighted by Gasteiger charge is -2.38. The summed E-state index contributed by atoms with van der Waals surface area (Å²) < 4.78 is 5.53. The van der Waals surface area contributed by atoms with Crippen LogP contribution in [0.3, 0.4) is 0 Å². The molecule has 5 nitrogen and oxygen atoms in total. The average molecular weight is 353 g/mol. The highest BCUT2D eigenvalue weighted by Crippen LogP contribution is 2.21. The Hall–Kier alpha value is -1.40. The van der Waals surface area contributed by atoms with E-state index < -0.39 is 5.60 Å². The molecule has 0 saturated carbocycles. The molecular weight excluding hydrogens is 324 g/mol. The molecule has 1 aliphatic heterocycles. The van der Waals surface area contributed by atoms with E-state index in [2.05, 4.69) is 0 Å². The van der Waals surface area contributed by atoms with Crippen LogP contribution in [0.15, 0.2) is 17.5 Å². The van der Waals surface area contributed by atoms with Gasteiger partial charge in [-0.15, -0.1) is 11.3 Å². The molecule has 0 N–H and O–H groups in total. The Morgan fingerprint density at radius 3 is 2.75 bits per heavy atom. The summed E-state index contributed by atoms with van der Waals surface area (Å²) in [4.78, 5) is 29.3. The van der Waals surface area contributed by atoms with Crippen LogP contribution in [0.4, 0.5) is 4.79 Å². The fraction of sp³-hybridized carbons (Fsp3) is 0.667. The van der Waals surface area contributed by atoms with Crippen LogP contribution in [0.5, 0.6) is 0 Å². The van der Waals surface area contributed by atoms with E-state index in [1.807, 2.05) is 55.1 Å². The van der Waals surface area contributed by atoms with Gasteiger partial charge in [-0.3, -0.25) is 9.69 Å². The highest BCUT2D eigenvalue weighted by atomic mass is 32.1. The number of amides is 1. The molecule has 0 aliphatic carbocycles. The molecule has 1 aliphatic rings. The van der Waals surface area contributed by atoms with E-state index in [4.69, 9.17) is 4.74 Å². The van der Waals surface area contributed by atoms with E-state index in [1.54, 1.807) is 0 Å². The summed E-state index contributed by atoms with van der Waals surface area (Å²) in [7, 11) is 1.94. The lowest BCUT2D eigenvalue weighted by atomic mass is 10.0. The Morgan fingerprint density at radius 1 is 1.38 bits per heavy atom. The summed E-state index contributed by atoms with van der Waals surface area (Å²) in [5.41, 5.74) is -0.486. The molecule has 0 spiro atoms. The maximum Gasteiger partial charge on any atom is 0.410 e. The number of ether oxygens (including phenoxy) is 1. The van der Waals surface area contributed by atoms with Crippen molar-refractivity contribution >= 4 is 23.2 Å². The number of rotatable bonds is 5. The van der Waals surface area contributed by atoms with Crippen LogP contribution in [0.25, 0.3) is 0 Å². The largest absolute Gasteiger partial charge is 0.444 e. The van der Waals surface area contributed by atoms with Crippen molar-refractivity contribution in [2.45, 2.75) is 51.7 Å². The van der Waals surface area contributed by atoms with Gasteiger partial charge >= 0.3 is 6.09 Å². The average Bonchev–Trinajstić information content (AvgIpc) is 3.00. The van der Waals surface area contributed by atoms with Crippen molar-refractivity contribution in [2.24, 2.45) is 0 Å². The minimum atomic E-state index is -0.486. The van der Waals surface area contributed by atoms with E-state index in [1.165, 1.54) is 11.3 Å². The van der Waals surface area contributed by atoms with Crippen LogP contribution in [0.2, 0.25) is 0 Å². The van der Waals surface area contributed by atoms with Gasteiger partial charge in [0.05, 0.1) is 11.4 Å². The summed E-state index contributed by atoms with van der Waals surface area (Å²) in [6.07, 6.45) is 2.83. The number of likely N-dealkylation sites (N-methyl/N-ethyl adjacent to an activating group) is 1. The maximum atomic E-state index is 12.4. The molecule has 1 unspecified atom stereocenters. The number of nitrogens with zero attached hydrogens (tertiary/aromatic N) is 2. The van der Waals surface area contributed by atoms with Gasteiger partial charge in [-0.25, -0.2) is 4.79 Å². The maximum absolute atomic E-state index is 12.4. The SMILES string of the molecule is CN(CC(=O)c1cccs1)CC1CCCCN1C(=O)OC(C)(C)C. The topological polar surface area (TPSA) is 49.9 Å². The molecule has 2 heterocycles. The lowest BCUT2D eigenvalue weighted by molar-refractivity contribution is 0.00639. The van der Waals surface area contributed by atoms with E-state index >= 15 is 0 Å². The minimum absolute atomic E-state index is 0.106. The molecule has 0 radical (unpaired) electrons. The number of piperidine rings is 1. The molecule has 134 valence electrons. The van der Waals surface area contributed by atoms with Crippen molar-refractivity contribution in [3.63, 3.8) is 0 Å². The van der Waals surface area contributed by atoms with Crippen LogP contribution in [0, 0.1) is 0 Å². The van der Waals surface area contributed by atoms with E-state index in [-0.39, 0.29) is 17.9 Å². The van der Waals surface area contributed by atoms with Crippen LogP contribution >= 0.6 is 11.3 Å². The fourth-order valence-corrected chi connectivity index (χ4v) is 3.59. The van der Waals surface area contributed by atoms with E-state index in [0.717, 1.165) is 30.7 Å². The van der Waals surface area contributed by atoms with E-state index in [9.17, 15) is 9.59 Å². The van der Waals surface area contributed by atoms with Crippen LogP contribution in [-0.4, -0.2) is 60.0 Å². The minimum Gasteiger partial charge on any atom is -0.444 e. The number of thiophene rings is 1. The number of hydrogen-bond donors (Lipinski definition) is 0. The van der Waals surface area contributed by atoms with Gasteiger partial charge < -0.3 is 9.64 Å². The van der Waals surface area contributed by atoms with Crippen molar-refractivity contribution in [1.82, 2.24) is 9.80 Å². The number of likely N-dealkylation sites (tertiary alicyclic amines) is 1. The smallest absolute Gasteiger partial charge is 0.410 e. The molecule has 1 amide bonds. The van der Waals surface area contributed by atoms with Gasteiger partial charge in [0.1, 0.15) is 5.60 Å². The molecule has 1 atom stereocenters. The Labute approximate surface area is 148 Å². The molecule has 2 rings (SSSR count). The molecule has 1 saturated heterocycles. The molecule has 6 heteroatoms. The van der Waals surface area contributed by atoms with Crippen molar-refractivity contribution in [2.75, 3.05) is 26.7 Å². The number of carbonyl (C=O) groups excluding carboxylic acids is 2. The number of Topliss-reactive ketones (excluding diaryl/α,β-unsaturated/α-hetero) is 1. The third kappa shape index (κ3) is 5.60. The first kappa shape index (κ1) is 18.9. The lowest BCUT2D eigenvalue weighted by Crippen LogP contribution is -2.50. The predicted octanol–water partition coefficient (Wildman–Crippen LogP) is 3.65. The van der Waals surface area contributed by atoms with Crippen LogP contribution in [-0.2, 0) is 4.74 Å². The quantitative estimate of drug-likeness (QED) is 0.759. The summed E-state index contributed by atoms with van der Waals surface area (Å²) >= 11 is 1.47. The van der Waals surface area contributed by atoms with Gasteiger partial charge in [0.25, 0.3) is 0 Å². The monoisotopic (exact) mass is 352 g/mol. The highest BCUT2D eigenvalue weighted by Gasteiger charge is 2.31. The molecule has 1 aromatic heterocycles. The van der Waals surface area contributed by atoms with Crippen molar-refractivity contribution in [3.05, 3.63) is 22.4 Å². The fourth-order valence-electron chi connectivity index (χ4n) is 2.94. The zero-order chi connectivity index (χ0) is 17.7. The molecule has 0 bridgehead atoms. The third-order valence-corrected chi connectivity index (χ3v) is 4.90. The number of hydrogen-bond acceptors (Lipinski definition) is 5. The van der Waals surface area contributed by atoms with Gasteiger partial charge in [-0.1, -0.05) is 6.07 Å². The van der Waals surface area contributed by atoms with Gasteiger partial charge in [0.15, 0.2) is 5.78 Å². The highest BCUT2D eigenvalue weighted by molar-refractivity contribution is 7.12. The number of ketones is 1. The van der Waals surface area contributed by atoms with Gasteiger partial charge in [0.2, 0.25) is 0 Å². The summed E-state index contributed by atoms with van der Waals surface area (Å²) in [5, 5.41) is 1.92. The Kier molecular flexibility index (Phi) is 6.40. The van der Waals surface area contributed by atoms with Gasteiger partial charge in [0, 0.05) is 19.1 Å². The second-order valence-corrected chi connectivity index (χ2v) is 8.37. The van der Waals surface area contributed by atoms with Crippen molar-refractivity contribution < 1.29 is 14.3 Å². The first-order valence-electron chi connectivity index (χ1n) is 8.51. The molecular formula is C18H28N2O3S. The second kappa shape index (κ2) is 8.12. The molecule has 24 heavy (non-hydrogen) atoms. The number of carbonyl (C=O) groups is 2. The third-order valence-electron chi connectivity index (χ3n) is 3.99. The zero-order valence-corrected chi connectivity index (χ0v) is 15.9. The van der Waals surface area contributed by atoms with E-state index in [0.29, 0.717) is 13.1 Å². The van der Waals surface area contributed by atoms with Crippen molar-refractivity contribution in [1.29, 1.82) is 0 Å². The van der Waals surface area contributed by atoms with Crippen LogP contribution < -0.4 is 0 Å². The van der Waals surface area contributed by atoms with Crippen LogP contribution in [0.1, 0.15) is 49.7 Å². The zero-order valence-electron chi connectivity index (χ0n) is 15.1. The Bertz CT molecular complexity index is 551. The summed E-state index contributed by atoms with van der Waals surface area (Å²) in [5.74, 6) is 0.132. The first-order chi connectivity index (χ1) is 11.3. The summed E-state index contributed by atoms with van der Waals surface area (Å²) in [6, 6.07) is 3.85. The Morgan fingerprint density at radius 2 is 2.12 bits per heavy atom. The standard InChI is InChI=1S/C18H28N2O3S/c1-18(2,3)23-17(22)20-10-6-5-8-14(20)12-19(4)13-15(21)16-9-7-11-24-16/h7,9,11,14H,5-6,8,10,12-13H2,1-4H3. The van der Waals surface area contributed by atoms with Crippen molar-refractivity contribution in [3.8, 4) is 0 Å². The van der Waals surface area contributed by atoms with Gasteiger partial charge in [-0.05, 0) is 58.5 Å². The molecule has 0 aromatic carbocycles. The Balaban J connectivity index is 1.92. The molecule has 1 fully saturated rings. The van der Waals surface area contributed by atoms with Gasteiger partial charge in [-0.2, -0.15) is 0 Å². The first-order valence-corrected chi connectivity index (χ1v) is 9.39. The molecule has 1 aromatic rings.